The lowest BCUT2D eigenvalue weighted by Crippen LogP contribution is -2.14. The van der Waals surface area contributed by atoms with Crippen molar-refractivity contribution in [3.05, 3.63) is 11.6 Å². The van der Waals surface area contributed by atoms with E-state index in [-0.39, 0.29) is 6.08 Å². The van der Waals surface area contributed by atoms with E-state index in [2.05, 4.69) is 0 Å². The highest BCUT2D eigenvalue weighted by molar-refractivity contribution is 7.86. The van der Waals surface area contributed by atoms with Crippen LogP contribution in [0.25, 0.3) is 0 Å². The number of hydrogen-bond acceptors (Lipinski definition) is 4. The van der Waals surface area contributed by atoms with E-state index in [0.29, 0.717) is 0 Å². The molecule has 0 aliphatic carbocycles. The third-order valence-corrected chi connectivity index (χ3v) is 1.59. The maximum Gasteiger partial charge on any atom is 0.332 e. The van der Waals surface area contributed by atoms with Crippen LogP contribution >= 0.6 is 0 Å². The van der Waals surface area contributed by atoms with E-state index in [1.165, 1.54) is 0 Å². The Kier molecular flexibility index (Phi) is 3.57. The van der Waals surface area contributed by atoms with Crippen LogP contribution in [0.5, 0.6) is 0 Å². The number of carboxylic acids is 2. The number of rotatable bonds is 4. The Bertz CT molecular complexity index is 349. The molecule has 0 heterocycles. The van der Waals surface area contributed by atoms with Gasteiger partial charge >= 0.3 is 11.9 Å². The molecule has 0 saturated heterocycles. The fraction of sp³-hybridized carbons (Fsp3) is 0.200. The van der Waals surface area contributed by atoms with Crippen LogP contribution in [0.3, 0.4) is 0 Å². The van der Waals surface area contributed by atoms with Crippen LogP contribution in [0, 0.1) is 0 Å². The van der Waals surface area contributed by atoms with Crippen molar-refractivity contribution < 1.29 is 32.8 Å². The Hall–Kier alpha value is -1.41. The molecule has 7 nitrogen and oxygen atoms in total. The lowest BCUT2D eigenvalue weighted by molar-refractivity contribution is -0.135. The maximum absolute atomic E-state index is 10.2. The summed E-state index contributed by atoms with van der Waals surface area (Å²) in [6.07, 6.45) is 0.204. The summed E-state index contributed by atoms with van der Waals surface area (Å²) in [5.41, 5.74) is -0.907. The highest BCUT2D eigenvalue weighted by atomic mass is 32.2. The van der Waals surface area contributed by atoms with Crippen molar-refractivity contribution in [3.63, 3.8) is 0 Å². The molecule has 0 bridgehead atoms. The second kappa shape index (κ2) is 4.01. The summed E-state index contributed by atoms with van der Waals surface area (Å²) in [4.78, 5) is 20.2. The molecule has 0 rings (SSSR count). The molecule has 3 N–H and O–H groups in total. The van der Waals surface area contributed by atoms with E-state index in [1.54, 1.807) is 0 Å². The highest BCUT2D eigenvalue weighted by Crippen LogP contribution is 1.99. The minimum Gasteiger partial charge on any atom is -0.478 e. The van der Waals surface area contributed by atoms with Gasteiger partial charge in [-0.05, 0) is 0 Å². The molecule has 13 heavy (non-hydrogen) atoms. The van der Waals surface area contributed by atoms with Crippen LogP contribution in [-0.2, 0) is 19.7 Å². The van der Waals surface area contributed by atoms with Gasteiger partial charge in [0.1, 0.15) is 5.75 Å². The SMILES string of the molecule is O=C(O)C=C(CS(=O)(=O)O)C(=O)O. The van der Waals surface area contributed by atoms with Gasteiger partial charge in [-0.15, -0.1) is 0 Å². The first kappa shape index (κ1) is 11.6. The molecule has 0 unspecified atom stereocenters. The van der Waals surface area contributed by atoms with Crippen LogP contribution in [0.1, 0.15) is 0 Å². The summed E-state index contributed by atoms with van der Waals surface area (Å²) in [6, 6.07) is 0. The molecule has 74 valence electrons. The van der Waals surface area contributed by atoms with Crippen LogP contribution in [0.15, 0.2) is 11.6 Å². The molecule has 8 heteroatoms. The average Bonchev–Trinajstić information content (AvgIpc) is 1.81. The molecule has 0 amide bonds. The van der Waals surface area contributed by atoms with Gasteiger partial charge in [0.25, 0.3) is 10.1 Å². The minimum absolute atomic E-state index is 0.204. The molecule has 0 saturated carbocycles. The number of hydrogen-bond donors (Lipinski definition) is 3. The van der Waals surface area contributed by atoms with Crippen molar-refractivity contribution in [3.8, 4) is 0 Å². The Morgan fingerprint density at radius 2 is 1.69 bits per heavy atom. The summed E-state index contributed by atoms with van der Waals surface area (Å²) in [5.74, 6) is -4.53. The minimum atomic E-state index is -4.53. The van der Waals surface area contributed by atoms with E-state index in [1.807, 2.05) is 0 Å². The molecular weight excluding hydrogens is 204 g/mol. The molecule has 0 fully saturated rings. The monoisotopic (exact) mass is 210 g/mol. The Morgan fingerprint density at radius 1 is 1.23 bits per heavy atom. The lowest BCUT2D eigenvalue weighted by Gasteiger charge is -1.96. The quantitative estimate of drug-likeness (QED) is 0.399. The van der Waals surface area contributed by atoms with Crippen molar-refractivity contribution in [1.82, 2.24) is 0 Å². The highest BCUT2D eigenvalue weighted by Gasteiger charge is 2.16. The number of aliphatic carboxylic acids is 2. The van der Waals surface area contributed by atoms with Gasteiger partial charge in [-0.3, -0.25) is 4.55 Å². The fourth-order valence-electron chi connectivity index (χ4n) is 0.511. The van der Waals surface area contributed by atoms with Gasteiger partial charge in [-0.1, -0.05) is 0 Å². The van der Waals surface area contributed by atoms with Crippen molar-refractivity contribution in [1.29, 1.82) is 0 Å². The average molecular weight is 210 g/mol. The molecule has 0 aromatic heterocycles. The smallest absolute Gasteiger partial charge is 0.332 e. The molecule has 0 aliphatic rings. The van der Waals surface area contributed by atoms with E-state index < -0.39 is 33.4 Å². The predicted octanol–water partition coefficient (Wildman–Crippen LogP) is -1.03. The predicted molar refractivity (Wildman–Crippen MR) is 39.8 cm³/mol. The van der Waals surface area contributed by atoms with Crippen molar-refractivity contribution >= 4 is 22.1 Å². The summed E-state index contributed by atoms with van der Waals surface area (Å²) in [5, 5.41) is 16.4. The van der Waals surface area contributed by atoms with Gasteiger partial charge in [0, 0.05) is 6.08 Å². The van der Waals surface area contributed by atoms with Gasteiger partial charge in [0.2, 0.25) is 0 Å². The molecule has 0 aromatic carbocycles. The molecular formula is C5H6O7S. The summed E-state index contributed by atoms with van der Waals surface area (Å²) < 4.78 is 28.6. The first-order valence-electron chi connectivity index (χ1n) is 2.84. The van der Waals surface area contributed by atoms with Gasteiger partial charge in [0.15, 0.2) is 0 Å². The second-order valence-corrected chi connectivity index (χ2v) is 3.49. The molecule has 0 atom stereocenters. The molecule has 0 aromatic rings. The fourth-order valence-corrected chi connectivity index (χ4v) is 1.11. The Balaban J connectivity index is 4.86. The third kappa shape index (κ3) is 5.82. The Labute approximate surface area is 73.0 Å². The van der Waals surface area contributed by atoms with Crippen molar-refractivity contribution in [2.24, 2.45) is 0 Å². The summed E-state index contributed by atoms with van der Waals surface area (Å²) >= 11 is 0. The zero-order valence-electron chi connectivity index (χ0n) is 6.17. The number of carbonyl (C=O) groups is 2. The van der Waals surface area contributed by atoms with E-state index >= 15 is 0 Å². The van der Waals surface area contributed by atoms with E-state index in [4.69, 9.17) is 14.8 Å². The van der Waals surface area contributed by atoms with Crippen LogP contribution in [0.4, 0.5) is 0 Å². The largest absolute Gasteiger partial charge is 0.478 e. The van der Waals surface area contributed by atoms with Gasteiger partial charge < -0.3 is 10.2 Å². The van der Waals surface area contributed by atoms with Crippen LogP contribution < -0.4 is 0 Å². The molecule has 0 spiro atoms. The lowest BCUT2D eigenvalue weighted by atomic mass is 10.3. The molecule has 0 aliphatic heterocycles. The summed E-state index contributed by atoms with van der Waals surface area (Å²) in [6.45, 7) is 0. The van der Waals surface area contributed by atoms with Gasteiger partial charge in [-0.2, -0.15) is 8.42 Å². The third-order valence-electron chi connectivity index (χ3n) is 0.910. The zero-order valence-corrected chi connectivity index (χ0v) is 6.98. The first-order chi connectivity index (χ1) is 5.72. The van der Waals surface area contributed by atoms with Gasteiger partial charge in [-0.25, -0.2) is 9.59 Å². The summed E-state index contributed by atoms with van der Waals surface area (Å²) in [7, 11) is -4.53. The van der Waals surface area contributed by atoms with Gasteiger partial charge in [0.05, 0.1) is 5.57 Å². The topological polar surface area (TPSA) is 129 Å². The standard InChI is InChI=1S/C5H6O7S/c6-4(7)1-3(5(8)9)2-13(10,11)12/h1H,2H2,(H,6,7)(H,8,9)(H,10,11,12). The van der Waals surface area contributed by atoms with E-state index in [9.17, 15) is 18.0 Å². The second-order valence-electron chi connectivity index (χ2n) is 2.04. The van der Waals surface area contributed by atoms with E-state index in [0.717, 1.165) is 0 Å². The molecule has 0 radical (unpaired) electrons. The van der Waals surface area contributed by atoms with Crippen LogP contribution in [-0.4, -0.2) is 40.9 Å². The van der Waals surface area contributed by atoms with Crippen LogP contribution in [0.2, 0.25) is 0 Å². The zero-order chi connectivity index (χ0) is 10.6. The Morgan fingerprint density at radius 3 is 1.92 bits per heavy atom. The number of carboxylic acid groups (broad SMARTS) is 2. The normalized spacial score (nSPS) is 12.5. The first-order valence-corrected chi connectivity index (χ1v) is 4.45. The maximum atomic E-state index is 10.2. The van der Waals surface area contributed by atoms with Crippen molar-refractivity contribution in [2.75, 3.05) is 5.75 Å². The van der Waals surface area contributed by atoms with Crippen molar-refractivity contribution in [2.45, 2.75) is 0 Å².